The maximum atomic E-state index is 12.8. The third kappa shape index (κ3) is 3.49. The Morgan fingerprint density at radius 1 is 1.12 bits per heavy atom. The molecule has 0 saturated carbocycles. The van der Waals surface area contributed by atoms with Crippen LogP contribution < -0.4 is 5.32 Å². The zero-order valence-electron chi connectivity index (χ0n) is 15.4. The summed E-state index contributed by atoms with van der Waals surface area (Å²) < 4.78 is 5.80. The van der Waals surface area contributed by atoms with Crippen LogP contribution in [-0.2, 0) is 6.54 Å². The van der Waals surface area contributed by atoms with Gasteiger partial charge >= 0.3 is 6.03 Å². The molecule has 0 unspecified atom stereocenters. The fourth-order valence-corrected chi connectivity index (χ4v) is 4.47. The summed E-state index contributed by atoms with van der Waals surface area (Å²) in [7, 11) is 0. The second-order valence-electron chi connectivity index (χ2n) is 7.58. The van der Waals surface area contributed by atoms with Crippen LogP contribution in [0.15, 0.2) is 46.9 Å². The standard InChI is InChI=1S/C21H27N3O2/c1-17-9-10-19(26-17)15-24-14-6-12-21(24)11-5-13-23(16-21)20(25)22-18-7-3-2-4-8-18/h2-4,7-10H,5-6,11-16H2,1H3,(H,22,25)/t21-/m1/s1. The lowest BCUT2D eigenvalue weighted by Gasteiger charge is -2.45. The molecule has 1 atom stereocenters. The molecule has 2 fully saturated rings. The van der Waals surface area contributed by atoms with Crippen molar-refractivity contribution in [3.8, 4) is 0 Å². The second-order valence-corrected chi connectivity index (χ2v) is 7.58. The highest BCUT2D eigenvalue weighted by Crippen LogP contribution is 2.38. The molecule has 2 aliphatic rings. The highest BCUT2D eigenvalue weighted by Gasteiger charge is 2.45. The van der Waals surface area contributed by atoms with Gasteiger partial charge in [0.1, 0.15) is 11.5 Å². The number of rotatable bonds is 3. The minimum Gasteiger partial charge on any atom is -0.465 e. The van der Waals surface area contributed by atoms with Gasteiger partial charge in [0, 0.05) is 24.3 Å². The van der Waals surface area contributed by atoms with Gasteiger partial charge in [-0.3, -0.25) is 4.90 Å². The molecule has 2 amide bonds. The highest BCUT2D eigenvalue weighted by molar-refractivity contribution is 5.89. The summed E-state index contributed by atoms with van der Waals surface area (Å²) in [5.41, 5.74) is 0.943. The number of nitrogens with zero attached hydrogens (tertiary/aromatic N) is 2. The second kappa shape index (κ2) is 7.16. The monoisotopic (exact) mass is 353 g/mol. The third-order valence-corrected chi connectivity index (χ3v) is 5.75. The smallest absolute Gasteiger partial charge is 0.321 e. The molecular weight excluding hydrogens is 326 g/mol. The first-order valence-electron chi connectivity index (χ1n) is 9.56. The number of likely N-dealkylation sites (tertiary alicyclic amines) is 2. The predicted molar refractivity (Wildman–Crippen MR) is 102 cm³/mol. The summed E-state index contributed by atoms with van der Waals surface area (Å²) in [6, 6.07) is 13.8. The Balaban J connectivity index is 1.45. The number of piperidine rings is 1. The van der Waals surface area contributed by atoms with E-state index in [0.29, 0.717) is 0 Å². The SMILES string of the molecule is Cc1ccc(CN2CCC[C@@]23CCCN(C(=O)Nc2ccccc2)C3)o1. The van der Waals surface area contributed by atoms with Crippen molar-refractivity contribution in [1.82, 2.24) is 9.80 Å². The van der Waals surface area contributed by atoms with Crippen LogP contribution in [0, 0.1) is 6.92 Å². The molecule has 0 bridgehead atoms. The maximum Gasteiger partial charge on any atom is 0.321 e. The Morgan fingerprint density at radius 2 is 1.88 bits per heavy atom. The Labute approximate surface area is 155 Å². The number of amides is 2. The van der Waals surface area contributed by atoms with Crippen molar-refractivity contribution < 1.29 is 9.21 Å². The fraction of sp³-hybridized carbons (Fsp3) is 0.476. The highest BCUT2D eigenvalue weighted by atomic mass is 16.3. The van der Waals surface area contributed by atoms with E-state index in [-0.39, 0.29) is 11.6 Å². The van der Waals surface area contributed by atoms with Gasteiger partial charge in [-0.05, 0) is 63.4 Å². The van der Waals surface area contributed by atoms with Crippen molar-refractivity contribution >= 4 is 11.7 Å². The van der Waals surface area contributed by atoms with Gasteiger partial charge in [0.25, 0.3) is 0 Å². The minimum absolute atomic E-state index is 0.0102. The van der Waals surface area contributed by atoms with Gasteiger partial charge in [0.2, 0.25) is 0 Å². The number of benzene rings is 1. The molecular formula is C21H27N3O2. The fourth-order valence-electron chi connectivity index (χ4n) is 4.47. The summed E-state index contributed by atoms with van der Waals surface area (Å²) in [4.78, 5) is 17.3. The van der Waals surface area contributed by atoms with Gasteiger partial charge in [0.05, 0.1) is 6.54 Å². The minimum atomic E-state index is 0.0102. The quantitative estimate of drug-likeness (QED) is 0.897. The van der Waals surface area contributed by atoms with Crippen LogP contribution in [0.1, 0.15) is 37.2 Å². The van der Waals surface area contributed by atoms with Crippen molar-refractivity contribution in [1.29, 1.82) is 0 Å². The van der Waals surface area contributed by atoms with Crippen LogP contribution in [0.5, 0.6) is 0 Å². The van der Waals surface area contributed by atoms with E-state index in [2.05, 4.69) is 16.3 Å². The van der Waals surface area contributed by atoms with Gasteiger partial charge in [-0.2, -0.15) is 0 Å². The molecule has 5 nitrogen and oxygen atoms in total. The van der Waals surface area contributed by atoms with E-state index in [0.717, 1.165) is 62.6 Å². The zero-order valence-corrected chi connectivity index (χ0v) is 15.4. The Kier molecular flexibility index (Phi) is 4.72. The molecule has 3 heterocycles. The molecule has 1 aromatic heterocycles. The molecule has 5 heteroatoms. The van der Waals surface area contributed by atoms with Gasteiger partial charge in [0.15, 0.2) is 0 Å². The van der Waals surface area contributed by atoms with Gasteiger partial charge in [-0.25, -0.2) is 4.79 Å². The van der Waals surface area contributed by atoms with Crippen molar-refractivity contribution in [2.75, 3.05) is 25.0 Å². The molecule has 1 aromatic carbocycles. The van der Waals surface area contributed by atoms with Crippen molar-refractivity contribution in [2.24, 2.45) is 0 Å². The molecule has 1 spiro atoms. The lowest BCUT2D eigenvalue weighted by molar-refractivity contribution is 0.0488. The molecule has 0 radical (unpaired) electrons. The Hall–Kier alpha value is -2.27. The first-order valence-corrected chi connectivity index (χ1v) is 9.56. The number of furan rings is 1. The first-order chi connectivity index (χ1) is 12.6. The molecule has 2 aromatic rings. The van der Waals surface area contributed by atoms with Crippen LogP contribution >= 0.6 is 0 Å². The molecule has 1 N–H and O–H groups in total. The number of anilines is 1. The van der Waals surface area contributed by atoms with Crippen LogP contribution in [0.3, 0.4) is 0 Å². The third-order valence-electron chi connectivity index (χ3n) is 5.75. The molecule has 26 heavy (non-hydrogen) atoms. The lowest BCUT2D eigenvalue weighted by Crippen LogP contribution is -2.57. The summed E-state index contributed by atoms with van der Waals surface area (Å²) in [6.45, 7) is 5.52. The average molecular weight is 353 g/mol. The number of para-hydroxylation sites is 1. The van der Waals surface area contributed by atoms with Gasteiger partial charge < -0.3 is 14.6 Å². The molecule has 0 aliphatic carbocycles. The van der Waals surface area contributed by atoms with E-state index in [1.807, 2.05) is 48.2 Å². The number of hydrogen-bond donors (Lipinski definition) is 1. The van der Waals surface area contributed by atoms with E-state index >= 15 is 0 Å². The van der Waals surface area contributed by atoms with E-state index < -0.39 is 0 Å². The summed E-state index contributed by atoms with van der Waals surface area (Å²) >= 11 is 0. The lowest BCUT2D eigenvalue weighted by atomic mass is 9.86. The van der Waals surface area contributed by atoms with Gasteiger partial charge in [-0.15, -0.1) is 0 Å². The number of nitrogens with one attached hydrogen (secondary N) is 1. The molecule has 4 rings (SSSR count). The zero-order chi connectivity index (χ0) is 18.0. The number of aryl methyl sites for hydroxylation is 1. The van der Waals surface area contributed by atoms with E-state index in [4.69, 9.17) is 4.42 Å². The number of hydrogen-bond acceptors (Lipinski definition) is 3. The van der Waals surface area contributed by atoms with E-state index in [1.54, 1.807) is 0 Å². The molecule has 2 aliphatic heterocycles. The first kappa shape index (κ1) is 17.2. The molecule has 2 saturated heterocycles. The van der Waals surface area contributed by atoms with Crippen molar-refractivity contribution in [3.63, 3.8) is 0 Å². The normalized spacial score (nSPS) is 23.5. The van der Waals surface area contributed by atoms with Gasteiger partial charge in [-0.1, -0.05) is 18.2 Å². The van der Waals surface area contributed by atoms with Crippen LogP contribution in [0.4, 0.5) is 10.5 Å². The Morgan fingerprint density at radius 3 is 2.62 bits per heavy atom. The maximum absolute atomic E-state index is 12.8. The van der Waals surface area contributed by atoms with E-state index in [1.165, 1.54) is 6.42 Å². The predicted octanol–water partition coefficient (Wildman–Crippen LogP) is 4.25. The van der Waals surface area contributed by atoms with Crippen LogP contribution in [-0.4, -0.2) is 41.0 Å². The van der Waals surface area contributed by atoms with Crippen molar-refractivity contribution in [3.05, 3.63) is 54.0 Å². The topological polar surface area (TPSA) is 48.7 Å². The number of urea groups is 1. The Bertz CT molecular complexity index is 758. The number of carbonyl (C=O) groups excluding carboxylic acids is 1. The largest absolute Gasteiger partial charge is 0.465 e. The van der Waals surface area contributed by atoms with Crippen molar-refractivity contribution in [2.45, 2.75) is 44.7 Å². The summed E-state index contributed by atoms with van der Waals surface area (Å²) in [5, 5.41) is 3.04. The summed E-state index contributed by atoms with van der Waals surface area (Å²) in [6.07, 6.45) is 4.55. The molecule has 138 valence electrons. The van der Waals surface area contributed by atoms with Crippen LogP contribution in [0.2, 0.25) is 0 Å². The van der Waals surface area contributed by atoms with Crippen LogP contribution in [0.25, 0.3) is 0 Å². The number of carbonyl (C=O) groups is 1. The summed E-state index contributed by atoms with van der Waals surface area (Å²) in [5.74, 6) is 1.98. The van der Waals surface area contributed by atoms with E-state index in [9.17, 15) is 4.79 Å². The average Bonchev–Trinajstić information content (AvgIpc) is 3.23.